The highest BCUT2D eigenvalue weighted by Crippen LogP contribution is 2.64. The molecule has 2 aliphatic heterocycles. The second-order valence-corrected chi connectivity index (χ2v) is 8.25. The van der Waals surface area contributed by atoms with Gasteiger partial charge in [-0.3, -0.25) is 4.79 Å². The van der Waals surface area contributed by atoms with Crippen LogP contribution in [0.5, 0.6) is 11.5 Å². The van der Waals surface area contributed by atoms with E-state index in [9.17, 15) is 15.0 Å². The van der Waals surface area contributed by atoms with E-state index < -0.39 is 17.1 Å². The fourth-order valence-corrected chi connectivity index (χ4v) is 5.95. The quantitative estimate of drug-likeness (QED) is 0.697. The number of Topliss-reactive ketones (excluding diaryl/α,β-unsaturated/α-hetero) is 1. The molecule has 2 heterocycles. The van der Waals surface area contributed by atoms with Crippen LogP contribution in [0.15, 0.2) is 12.1 Å². The molecule has 5 nitrogen and oxygen atoms in total. The summed E-state index contributed by atoms with van der Waals surface area (Å²) < 4.78 is 6.71. The van der Waals surface area contributed by atoms with E-state index in [0.29, 0.717) is 35.9 Å². The predicted molar refractivity (Wildman–Crippen MR) is 80.3 cm³/mol. The van der Waals surface area contributed by atoms with Crippen molar-refractivity contribution in [3.8, 4) is 11.5 Å². The van der Waals surface area contributed by atoms with E-state index >= 15 is 0 Å². The Kier molecular flexibility index (Phi) is 2.24. The summed E-state index contributed by atoms with van der Waals surface area (Å²) in [5.74, 6) is 0.723. The SMILES string of the molecule is C[N+]1(C)CC[C@]23c4c5ccc([O-])c4C[C@H]1[C@]2(O)CCC(=O)C3O5. The number of hydrogen-bond acceptors (Lipinski definition) is 4. The van der Waals surface area contributed by atoms with Gasteiger partial charge < -0.3 is 19.4 Å². The molecule has 1 aromatic carbocycles. The third-order valence-corrected chi connectivity index (χ3v) is 7.06. The Hall–Kier alpha value is -1.59. The second-order valence-electron chi connectivity index (χ2n) is 8.25. The zero-order valence-electron chi connectivity index (χ0n) is 13.5. The van der Waals surface area contributed by atoms with Gasteiger partial charge in [0.25, 0.3) is 0 Å². The fourth-order valence-electron chi connectivity index (χ4n) is 5.95. The zero-order chi connectivity index (χ0) is 16.2. The monoisotopic (exact) mass is 315 g/mol. The van der Waals surface area contributed by atoms with E-state index in [0.717, 1.165) is 17.7 Å². The second kappa shape index (κ2) is 3.73. The van der Waals surface area contributed by atoms with Crippen molar-refractivity contribution in [2.45, 2.75) is 48.8 Å². The molecule has 2 fully saturated rings. The lowest BCUT2D eigenvalue weighted by molar-refractivity contribution is -0.931. The van der Waals surface area contributed by atoms with Crippen LogP contribution in [0.2, 0.25) is 0 Å². The van der Waals surface area contributed by atoms with Gasteiger partial charge in [0.2, 0.25) is 0 Å². The van der Waals surface area contributed by atoms with Gasteiger partial charge in [0, 0.05) is 24.8 Å². The van der Waals surface area contributed by atoms with Crippen molar-refractivity contribution in [2.75, 3.05) is 20.6 Å². The van der Waals surface area contributed by atoms with Crippen LogP contribution >= 0.6 is 0 Å². The number of hydrogen-bond donors (Lipinski definition) is 1. The summed E-state index contributed by atoms with van der Waals surface area (Å²) in [7, 11) is 4.24. The molecular weight excluding hydrogens is 294 g/mol. The minimum atomic E-state index is -0.973. The first kappa shape index (κ1) is 13.8. The van der Waals surface area contributed by atoms with E-state index in [1.54, 1.807) is 12.1 Å². The van der Waals surface area contributed by atoms with Gasteiger partial charge in [0.1, 0.15) is 17.4 Å². The van der Waals surface area contributed by atoms with E-state index in [1.807, 2.05) is 0 Å². The highest BCUT2D eigenvalue weighted by atomic mass is 16.5. The van der Waals surface area contributed by atoms with Gasteiger partial charge in [-0.15, -0.1) is 5.75 Å². The van der Waals surface area contributed by atoms with E-state index in [2.05, 4.69) is 14.1 Å². The number of ether oxygens (including phenoxy) is 1. The van der Waals surface area contributed by atoms with Gasteiger partial charge in [-0.05, 0) is 18.1 Å². The average Bonchev–Trinajstić information content (AvgIpc) is 2.84. The Morgan fingerprint density at radius 2 is 2.13 bits per heavy atom. The van der Waals surface area contributed by atoms with Crippen LogP contribution in [-0.2, 0) is 16.6 Å². The Morgan fingerprint density at radius 1 is 1.35 bits per heavy atom. The van der Waals surface area contributed by atoms with Crippen LogP contribution in [0.4, 0.5) is 0 Å². The molecule has 5 heteroatoms. The molecule has 23 heavy (non-hydrogen) atoms. The number of likely N-dealkylation sites (N-methyl/N-ethyl adjacent to an activating group) is 1. The molecule has 1 N–H and O–H groups in total. The lowest BCUT2D eigenvalue weighted by Gasteiger charge is -2.63. The maximum absolute atomic E-state index is 12.6. The van der Waals surface area contributed by atoms with Gasteiger partial charge in [0.15, 0.2) is 11.9 Å². The standard InChI is InChI=1S/C18H21NO4/c1-19(2)8-7-17-15-10-9-14(19)18(17,22)6-5-12(21)16(17)23-13(15)4-3-11(10)20/h3-4,14,16,22H,5-9H2,1-2H3/t14-,16?,17+,18+/m0/s1. The molecule has 0 aromatic heterocycles. The summed E-state index contributed by atoms with van der Waals surface area (Å²) in [6.07, 6.45) is 1.46. The first-order valence-corrected chi connectivity index (χ1v) is 8.39. The van der Waals surface area contributed by atoms with Crippen molar-refractivity contribution in [3.05, 3.63) is 23.3 Å². The molecule has 1 saturated carbocycles. The molecule has 5 rings (SSSR count). The molecule has 122 valence electrons. The smallest absolute Gasteiger partial charge is 0.174 e. The van der Waals surface area contributed by atoms with Gasteiger partial charge in [-0.2, -0.15) is 0 Å². The van der Waals surface area contributed by atoms with Crippen LogP contribution in [0.25, 0.3) is 0 Å². The number of nitrogens with zero attached hydrogens (tertiary/aromatic N) is 1. The first-order chi connectivity index (χ1) is 10.8. The lowest BCUT2D eigenvalue weighted by atomic mass is 9.48. The molecule has 1 aromatic rings. The van der Waals surface area contributed by atoms with E-state index in [-0.39, 0.29) is 17.6 Å². The number of rotatable bonds is 0. The van der Waals surface area contributed by atoms with Gasteiger partial charge in [0.05, 0.1) is 26.1 Å². The van der Waals surface area contributed by atoms with Gasteiger partial charge in [-0.1, -0.05) is 6.07 Å². The third-order valence-electron chi connectivity index (χ3n) is 7.06. The average molecular weight is 315 g/mol. The maximum atomic E-state index is 12.6. The largest absolute Gasteiger partial charge is 0.872 e. The number of quaternary nitrogens is 1. The molecule has 0 radical (unpaired) electrons. The summed E-state index contributed by atoms with van der Waals surface area (Å²) in [4.78, 5) is 12.6. The number of carbonyl (C=O) groups excluding carboxylic acids is 1. The number of piperidine rings is 1. The molecule has 4 atom stereocenters. The molecule has 1 saturated heterocycles. The van der Waals surface area contributed by atoms with E-state index in [1.165, 1.54) is 0 Å². The van der Waals surface area contributed by atoms with Crippen molar-refractivity contribution < 1.29 is 24.2 Å². The molecule has 1 unspecified atom stereocenters. The van der Waals surface area contributed by atoms with E-state index in [4.69, 9.17) is 4.74 Å². The third kappa shape index (κ3) is 1.28. The first-order valence-electron chi connectivity index (χ1n) is 8.39. The highest BCUT2D eigenvalue weighted by Gasteiger charge is 2.75. The normalized spacial score (nSPS) is 42.1. The summed E-state index contributed by atoms with van der Waals surface area (Å²) in [6, 6.07) is 3.17. The number of ketones is 1. The highest BCUT2D eigenvalue weighted by molar-refractivity contribution is 5.89. The van der Waals surface area contributed by atoms with Gasteiger partial charge >= 0.3 is 0 Å². The van der Waals surface area contributed by atoms with Crippen molar-refractivity contribution in [1.29, 1.82) is 0 Å². The fraction of sp³-hybridized carbons (Fsp3) is 0.611. The van der Waals surface area contributed by atoms with Crippen LogP contribution in [0.3, 0.4) is 0 Å². The van der Waals surface area contributed by atoms with Crippen molar-refractivity contribution >= 4 is 5.78 Å². The van der Waals surface area contributed by atoms with Crippen LogP contribution in [-0.4, -0.2) is 53.8 Å². The molecule has 1 spiro atoms. The number of likely N-dealkylation sites (tertiary alicyclic amines) is 1. The van der Waals surface area contributed by atoms with Crippen LogP contribution in [0, 0.1) is 0 Å². The topological polar surface area (TPSA) is 69.6 Å². The molecule has 0 amide bonds. The Bertz CT molecular complexity index is 758. The van der Waals surface area contributed by atoms with Crippen molar-refractivity contribution in [3.63, 3.8) is 0 Å². The molecule has 2 bridgehead atoms. The summed E-state index contributed by atoms with van der Waals surface area (Å²) >= 11 is 0. The number of benzene rings is 1. The molecule has 2 aliphatic carbocycles. The summed E-state index contributed by atoms with van der Waals surface area (Å²) in [5, 5.41) is 24.3. The van der Waals surface area contributed by atoms with Crippen molar-refractivity contribution in [2.24, 2.45) is 0 Å². The minimum absolute atomic E-state index is 0.0133. The Balaban J connectivity index is 1.88. The van der Waals surface area contributed by atoms with Gasteiger partial charge in [-0.25, -0.2) is 0 Å². The molecular formula is C18H21NO4. The Morgan fingerprint density at radius 3 is 2.91 bits per heavy atom. The molecule has 4 aliphatic rings. The zero-order valence-corrected chi connectivity index (χ0v) is 13.5. The lowest BCUT2D eigenvalue weighted by Crippen LogP contribution is -2.79. The maximum Gasteiger partial charge on any atom is 0.174 e. The number of carbonyl (C=O) groups is 1. The van der Waals surface area contributed by atoms with Crippen molar-refractivity contribution in [1.82, 2.24) is 0 Å². The summed E-state index contributed by atoms with van der Waals surface area (Å²) in [6.45, 7) is 0.877. The Labute approximate surface area is 135 Å². The van der Waals surface area contributed by atoms with Crippen LogP contribution < -0.4 is 9.84 Å². The predicted octanol–water partition coefficient (Wildman–Crippen LogP) is 0.258. The van der Waals surface area contributed by atoms with Crippen LogP contribution in [0.1, 0.15) is 30.4 Å². The minimum Gasteiger partial charge on any atom is -0.872 e. The summed E-state index contributed by atoms with van der Waals surface area (Å²) in [5.41, 5.74) is -0.0782. The number of aliphatic hydroxyl groups is 1.